The third-order valence-electron chi connectivity index (χ3n) is 4.50. The monoisotopic (exact) mass is 389 g/mol. The van der Waals surface area contributed by atoms with Gasteiger partial charge in [0, 0.05) is 59.0 Å². The molecule has 0 aromatic heterocycles. The summed E-state index contributed by atoms with van der Waals surface area (Å²) in [5.41, 5.74) is 2.30. The topological polar surface area (TPSA) is 75.0 Å². The van der Waals surface area contributed by atoms with Crippen molar-refractivity contribution >= 4 is 5.97 Å². The normalized spacial score (nSPS) is 21.9. The van der Waals surface area contributed by atoms with E-state index in [2.05, 4.69) is 6.07 Å². The van der Waals surface area contributed by atoms with Crippen molar-refractivity contribution in [1.29, 1.82) is 5.26 Å². The molecule has 1 saturated carbocycles. The predicted octanol–water partition coefficient (Wildman–Crippen LogP) is 2.58. The molecule has 0 unspecified atom stereocenters. The Kier molecular flexibility index (Phi) is 7.67. The molecule has 0 atom stereocenters. The lowest BCUT2D eigenvalue weighted by Crippen LogP contribution is -2.41. The number of rotatable bonds is 4. The number of nitrogens with zero attached hydrogens (tertiary/aromatic N) is 3. The van der Waals surface area contributed by atoms with Crippen LogP contribution in [0.15, 0.2) is 34.7 Å². The van der Waals surface area contributed by atoms with E-state index in [4.69, 9.17) is 14.2 Å². The number of carbonyl (C=O) groups is 1. The van der Waals surface area contributed by atoms with Gasteiger partial charge in [-0.2, -0.15) is 5.26 Å². The molecule has 2 rings (SSSR count). The van der Waals surface area contributed by atoms with Gasteiger partial charge >= 0.3 is 5.97 Å². The van der Waals surface area contributed by atoms with Crippen LogP contribution in [0.2, 0.25) is 0 Å². The van der Waals surface area contributed by atoms with Gasteiger partial charge < -0.3 is 24.0 Å². The highest BCUT2D eigenvalue weighted by Gasteiger charge is 2.43. The molecule has 0 N–H and O–H groups in total. The summed E-state index contributed by atoms with van der Waals surface area (Å²) in [6.07, 6.45) is 6.69. The zero-order chi connectivity index (χ0) is 20.7. The molecule has 2 fully saturated rings. The van der Waals surface area contributed by atoms with Gasteiger partial charge in [0.15, 0.2) is 5.79 Å². The Morgan fingerprint density at radius 2 is 1.61 bits per heavy atom. The molecule has 2 aliphatic rings. The number of allylic oxidation sites excluding steroid dienone is 1. The number of ether oxygens (including phenoxy) is 3. The fraction of sp³-hybridized carbons (Fsp3) is 0.619. The highest BCUT2D eigenvalue weighted by atomic mass is 16.7. The molecule has 154 valence electrons. The molecule has 0 aromatic rings. The quantitative estimate of drug-likeness (QED) is 0.415. The number of esters is 1. The van der Waals surface area contributed by atoms with E-state index in [-0.39, 0.29) is 12.2 Å². The van der Waals surface area contributed by atoms with Crippen LogP contribution in [0.25, 0.3) is 0 Å². The highest BCUT2D eigenvalue weighted by molar-refractivity contribution is 5.96. The zero-order valence-electron chi connectivity index (χ0n) is 17.6. The summed E-state index contributed by atoms with van der Waals surface area (Å²) in [7, 11) is 7.64. The molecule has 1 aliphatic carbocycles. The smallest absolute Gasteiger partial charge is 0.349 e. The Balaban J connectivity index is 2.66. The molecular weight excluding hydrogens is 358 g/mol. The van der Waals surface area contributed by atoms with Gasteiger partial charge in [-0.05, 0) is 30.9 Å². The van der Waals surface area contributed by atoms with E-state index in [1.807, 2.05) is 50.4 Å². The van der Waals surface area contributed by atoms with E-state index in [0.717, 1.165) is 24.0 Å². The Morgan fingerprint density at radius 3 is 2.00 bits per heavy atom. The summed E-state index contributed by atoms with van der Waals surface area (Å²) in [5, 5.41) is 9.77. The number of hydrogen-bond donors (Lipinski definition) is 0. The van der Waals surface area contributed by atoms with Gasteiger partial charge in [-0.15, -0.1) is 0 Å². The molecule has 28 heavy (non-hydrogen) atoms. The summed E-state index contributed by atoms with van der Waals surface area (Å²) in [5.74, 6) is -1.38. The summed E-state index contributed by atoms with van der Waals surface area (Å²) in [6.45, 7) is 3.21. The first-order valence-corrected chi connectivity index (χ1v) is 9.66. The van der Waals surface area contributed by atoms with Crippen LogP contribution in [0.5, 0.6) is 0 Å². The minimum Gasteiger partial charge on any atom is -0.462 e. The van der Waals surface area contributed by atoms with Crippen molar-refractivity contribution in [2.75, 3.05) is 48.0 Å². The van der Waals surface area contributed by atoms with Crippen molar-refractivity contribution in [2.45, 2.75) is 38.4 Å². The van der Waals surface area contributed by atoms with E-state index in [1.165, 1.54) is 0 Å². The van der Waals surface area contributed by atoms with Crippen LogP contribution in [-0.4, -0.2) is 69.6 Å². The average Bonchev–Trinajstić information content (AvgIpc) is 2.82. The molecule has 7 heteroatoms. The first kappa shape index (κ1) is 22.0. The molecule has 0 radical (unpaired) electrons. The Hall–Kier alpha value is -2.30. The maximum Gasteiger partial charge on any atom is 0.349 e. The maximum absolute atomic E-state index is 12.5. The van der Waals surface area contributed by atoms with Crippen molar-refractivity contribution in [1.82, 2.24) is 9.80 Å². The van der Waals surface area contributed by atoms with Gasteiger partial charge in [0.1, 0.15) is 11.6 Å². The first-order valence-electron chi connectivity index (χ1n) is 9.66. The van der Waals surface area contributed by atoms with Crippen molar-refractivity contribution in [3.63, 3.8) is 0 Å². The minimum absolute atomic E-state index is 0.0199. The fourth-order valence-electron chi connectivity index (χ4n) is 3.56. The second kappa shape index (κ2) is 9.76. The lowest BCUT2D eigenvalue weighted by atomic mass is 9.79. The number of hydrogen-bond acceptors (Lipinski definition) is 7. The minimum atomic E-state index is -0.779. The summed E-state index contributed by atoms with van der Waals surface area (Å²) >= 11 is 0. The van der Waals surface area contributed by atoms with Crippen molar-refractivity contribution in [2.24, 2.45) is 0 Å². The maximum atomic E-state index is 12.5. The molecule has 1 spiro atoms. The second-order valence-corrected chi connectivity index (χ2v) is 7.49. The van der Waals surface area contributed by atoms with Gasteiger partial charge in [-0.1, -0.05) is 0 Å². The van der Waals surface area contributed by atoms with Crippen molar-refractivity contribution < 1.29 is 19.0 Å². The summed E-state index contributed by atoms with van der Waals surface area (Å²) in [6, 6.07) is 2.07. The Labute approximate surface area is 167 Å². The standard InChI is InChI=1S/C21H31N3O4/c1-6-26-20(25)18(13-22)19-16(14-23(2)3)11-21(12-17(19)15-24(4)5)27-9-7-8-10-28-21/h14-15H,6-12H2,1-5H3/b16-14-,17-15-. The predicted molar refractivity (Wildman–Crippen MR) is 106 cm³/mol. The van der Waals surface area contributed by atoms with Crippen LogP contribution in [0.4, 0.5) is 0 Å². The van der Waals surface area contributed by atoms with Crippen LogP contribution in [0.1, 0.15) is 32.6 Å². The van der Waals surface area contributed by atoms with Gasteiger partial charge in [0.05, 0.1) is 19.8 Å². The fourth-order valence-corrected chi connectivity index (χ4v) is 3.56. The van der Waals surface area contributed by atoms with Gasteiger partial charge in [-0.25, -0.2) is 4.79 Å². The SMILES string of the molecule is CCOC(=O)C(C#N)=C1/C(=C\N(C)C)CC2(C/C1=C/N(C)C)OCCCCO2. The van der Waals surface area contributed by atoms with Gasteiger partial charge in [0.2, 0.25) is 0 Å². The van der Waals surface area contributed by atoms with E-state index >= 15 is 0 Å². The molecule has 1 saturated heterocycles. The van der Waals surface area contributed by atoms with Gasteiger partial charge in [0.25, 0.3) is 0 Å². The molecule has 0 amide bonds. The average molecular weight is 389 g/mol. The van der Waals surface area contributed by atoms with Gasteiger partial charge in [-0.3, -0.25) is 0 Å². The van der Waals surface area contributed by atoms with E-state index in [1.54, 1.807) is 6.92 Å². The zero-order valence-corrected chi connectivity index (χ0v) is 17.6. The molecular formula is C21H31N3O4. The third kappa shape index (κ3) is 5.37. The van der Waals surface area contributed by atoms with Crippen molar-refractivity contribution in [3.8, 4) is 6.07 Å². The van der Waals surface area contributed by atoms with E-state index < -0.39 is 11.8 Å². The van der Waals surface area contributed by atoms with Crippen LogP contribution in [0.3, 0.4) is 0 Å². The molecule has 1 heterocycles. The Bertz CT molecular complexity index is 674. The largest absolute Gasteiger partial charge is 0.462 e. The van der Waals surface area contributed by atoms with Crippen LogP contribution in [0, 0.1) is 11.3 Å². The van der Waals surface area contributed by atoms with Crippen LogP contribution in [-0.2, 0) is 19.0 Å². The number of nitriles is 1. The molecule has 0 bridgehead atoms. The Morgan fingerprint density at radius 1 is 1.11 bits per heavy atom. The first-order chi connectivity index (χ1) is 13.3. The van der Waals surface area contributed by atoms with E-state index in [9.17, 15) is 10.1 Å². The van der Waals surface area contributed by atoms with Crippen LogP contribution < -0.4 is 0 Å². The molecule has 0 aromatic carbocycles. The lowest BCUT2D eigenvalue weighted by Gasteiger charge is -2.40. The van der Waals surface area contributed by atoms with Crippen molar-refractivity contribution in [3.05, 3.63) is 34.7 Å². The molecule has 1 aliphatic heterocycles. The summed E-state index contributed by atoms with van der Waals surface area (Å²) < 4.78 is 17.5. The lowest BCUT2D eigenvalue weighted by molar-refractivity contribution is -0.225. The highest BCUT2D eigenvalue weighted by Crippen LogP contribution is 2.45. The second-order valence-electron chi connectivity index (χ2n) is 7.49. The van der Waals surface area contributed by atoms with Crippen LogP contribution >= 0.6 is 0 Å². The summed E-state index contributed by atoms with van der Waals surface area (Å²) in [4.78, 5) is 16.3. The van der Waals surface area contributed by atoms with E-state index in [0.29, 0.717) is 31.6 Å². The number of carbonyl (C=O) groups excluding carboxylic acids is 1. The molecule has 7 nitrogen and oxygen atoms in total. The third-order valence-corrected chi connectivity index (χ3v) is 4.50.